The SMILES string of the molecule is CCCN1CCN(Cc2ccc(-c3cc4nccc(Oc5ccc(C)cc5F)c4s3)nc2)CC1. The van der Waals surface area contributed by atoms with Gasteiger partial charge in [0.1, 0.15) is 5.75 Å². The summed E-state index contributed by atoms with van der Waals surface area (Å²) in [5, 5.41) is 0. The predicted molar refractivity (Wildman–Crippen MR) is 136 cm³/mol. The van der Waals surface area contributed by atoms with Gasteiger partial charge < -0.3 is 9.64 Å². The Kier molecular flexibility index (Phi) is 6.85. The normalized spacial score (nSPS) is 15.1. The fourth-order valence-electron chi connectivity index (χ4n) is 4.34. The average Bonchev–Trinajstić information content (AvgIpc) is 3.28. The first kappa shape index (κ1) is 22.9. The monoisotopic (exact) mass is 476 g/mol. The van der Waals surface area contributed by atoms with E-state index >= 15 is 0 Å². The third-order valence-electron chi connectivity index (χ3n) is 6.17. The van der Waals surface area contributed by atoms with Crippen molar-refractivity contribution < 1.29 is 9.13 Å². The van der Waals surface area contributed by atoms with Crippen LogP contribution in [-0.4, -0.2) is 52.5 Å². The number of thiophene rings is 1. The van der Waals surface area contributed by atoms with Crippen LogP contribution in [0.1, 0.15) is 24.5 Å². The van der Waals surface area contributed by atoms with E-state index in [9.17, 15) is 4.39 Å². The largest absolute Gasteiger partial charge is 0.453 e. The molecule has 1 aliphatic rings. The maximum absolute atomic E-state index is 14.3. The summed E-state index contributed by atoms with van der Waals surface area (Å²) in [6.07, 6.45) is 4.89. The first-order valence-electron chi connectivity index (χ1n) is 11.8. The minimum absolute atomic E-state index is 0.214. The number of nitrogens with zero attached hydrogens (tertiary/aromatic N) is 4. The number of piperazine rings is 1. The topological polar surface area (TPSA) is 41.5 Å². The zero-order valence-corrected chi connectivity index (χ0v) is 20.4. The highest BCUT2D eigenvalue weighted by Gasteiger charge is 2.17. The van der Waals surface area contributed by atoms with Crippen LogP contribution >= 0.6 is 11.3 Å². The van der Waals surface area contributed by atoms with E-state index in [1.165, 1.54) is 24.6 Å². The third-order valence-corrected chi connectivity index (χ3v) is 7.33. The summed E-state index contributed by atoms with van der Waals surface area (Å²) < 4.78 is 21.1. The Balaban J connectivity index is 1.30. The Morgan fingerprint density at radius 3 is 2.53 bits per heavy atom. The summed E-state index contributed by atoms with van der Waals surface area (Å²) in [7, 11) is 0. The van der Waals surface area contributed by atoms with Gasteiger partial charge in [0.2, 0.25) is 0 Å². The van der Waals surface area contributed by atoms with Gasteiger partial charge >= 0.3 is 0 Å². The number of fused-ring (bicyclic) bond motifs is 1. The molecular formula is C27H29FN4OS. The van der Waals surface area contributed by atoms with Gasteiger partial charge in [0.25, 0.3) is 0 Å². The molecule has 0 spiro atoms. The molecule has 5 nitrogen and oxygen atoms in total. The minimum atomic E-state index is -0.370. The van der Waals surface area contributed by atoms with Gasteiger partial charge in [-0.05, 0) is 55.3 Å². The summed E-state index contributed by atoms with van der Waals surface area (Å²) in [6.45, 7) is 10.7. The lowest BCUT2D eigenvalue weighted by atomic mass is 10.2. The van der Waals surface area contributed by atoms with Gasteiger partial charge in [-0.1, -0.05) is 19.1 Å². The maximum atomic E-state index is 14.3. The van der Waals surface area contributed by atoms with E-state index in [2.05, 4.69) is 33.8 Å². The molecule has 34 heavy (non-hydrogen) atoms. The van der Waals surface area contributed by atoms with Gasteiger partial charge in [0, 0.05) is 51.2 Å². The van der Waals surface area contributed by atoms with Gasteiger partial charge in [-0.3, -0.25) is 14.9 Å². The Labute approximate surface area is 203 Å². The molecule has 0 amide bonds. The molecule has 0 aliphatic carbocycles. The van der Waals surface area contributed by atoms with Crippen molar-refractivity contribution in [2.24, 2.45) is 0 Å². The molecule has 3 aromatic heterocycles. The molecule has 0 bridgehead atoms. The number of aryl methyl sites for hydroxylation is 1. The molecular weight excluding hydrogens is 447 g/mol. The molecule has 7 heteroatoms. The zero-order valence-electron chi connectivity index (χ0n) is 19.6. The van der Waals surface area contributed by atoms with Crippen LogP contribution in [0.4, 0.5) is 4.39 Å². The molecule has 4 heterocycles. The fourth-order valence-corrected chi connectivity index (χ4v) is 5.38. The molecule has 1 saturated heterocycles. The predicted octanol–water partition coefficient (Wildman–Crippen LogP) is 6.13. The number of halogens is 1. The van der Waals surface area contributed by atoms with Crippen molar-refractivity contribution in [3.05, 3.63) is 71.8 Å². The second kappa shape index (κ2) is 10.2. The van der Waals surface area contributed by atoms with Crippen molar-refractivity contribution in [3.8, 4) is 22.1 Å². The molecule has 1 aromatic carbocycles. The highest BCUT2D eigenvalue weighted by atomic mass is 32.1. The van der Waals surface area contributed by atoms with Crippen molar-refractivity contribution in [2.75, 3.05) is 32.7 Å². The molecule has 0 saturated carbocycles. The number of hydrogen-bond acceptors (Lipinski definition) is 6. The first-order valence-corrected chi connectivity index (χ1v) is 12.6. The molecule has 176 valence electrons. The lowest BCUT2D eigenvalue weighted by Crippen LogP contribution is -2.45. The number of ether oxygens (including phenoxy) is 1. The van der Waals surface area contributed by atoms with E-state index in [0.29, 0.717) is 5.75 Å². The molecule has 0 radical (unpaired) electrons. The van der Waals surface area contributed by atoms with Crippen LogP contribution in [0, 0.1) is 12.7 Å². The third kappa shape index (κ3) is 5.12. The zero-order chi connectivity index (χ0) is 23.5. The van der Waals surface area contributed by atoms with E-state index in [0.717, 1.165) is 59.1 Å². The Morgan fingerprint density at radius 1 is 0.971 bits per heavy atom. The van der Waals surface area contributed by atoms with E-state index in [1.807, 2.05) is 25.3 Å². The van der Waals surface area contributed by atoms with Gasteiger partial charge in [-0.15, -0.1) is 11.3 Å². The number of benzene rings is 1. The molecule has 0 atom stereocenters. The molecule has 1 aliphatic heterocycles. The molecule has 5 rings (SSSR count). The van der Waals surface area contributed by atoms with Gasteiger partial charge in [-0.2, -0.15) is 0 Å². The van der Waals surface area contributed by atoms with Gasteiger partial charge in [0.05, 0.1) is 20.8 Å². The Bertz CT molecular complexity index is 1270. The van der Waals surface area contributed by atoms with Crippen LogP contribution in [0.5, 0.6) is 11.5 Å². The number of hydrogen-bond donors (Lipinski definition) is 0. The highest BCUT2D eigenvalue weighted by molar-refractivity contribution is 7.22. The van der Waals surface area contributed by atoms with Crippen molar-refractivity contribution in [2.45, 2.75) is 26.8 Å². The van der Waals surface area contributed by atoms with Crippen LogP contribution in [0.2, 0.25) is 0 Å². The van der Waals surface area contributed by atoms with Crippen LogP contribution in [0.15, 0.2) is 54.9 Å². The Morgan fingerprint density at radius 2 is 1.79 bits per heavy atom. The van der Waals surface area contributed by atoms with Gasteiger partial charge in [-0.25, -0.2) is 4.39 Å². The van der Waals surface area contributed by atoms with E-state index in [-0.39, 0.29) is 11.6 Å². The van der Waals surface area contributed by atoms with Crippen LogP contribution in [0.3, 0.4) is 0 Å². The second-order valence-electron chi connectivity index (χ2n) is 8.84. The quantitative estimate of drug-likeness (QED) is 0.321. The van der Waals surface area contributed by atoms with Crippen molar-refractivity contribution in [3.63, 3.8) is 0 Å². The second-order valence-corrected chi connectivity index (χ2v) is 9.89. The van der Waals surface area contributed by atoms with Crippen LogP contribution < -0.4 is 4.74 Å². The summed E-state index contributed by atoms with van der Waals surface area (Å²) >= 11 is 1.56. The number of aromatic nitrogens is 2. The minimum Gasteiger partial charge on any atom is -0.453 e. The average molecular weight is 477 g/mol. The summed E-state index contributed by atoms with van der Waals surface area (Å²) in [6, 6.07) is 13.0. The van der Waals surface area contributed by atoms with Crippen LogP contribution in [0.25, 0.3) is 20.8 Å². The van der Waals surface area contributed by atoms with Crippen molar-refractivity contribution in [1.82, 2.24) is 19.8 Å². The fraction of sp³-hybridized carbons (Fsp3) is 0.333. The first-order chi connectivity index (χ1) is 16.6. The lowest BCUT2D eigenvalue weighted by Gasteiger charge is -2.34. The molecule has 1 fully saturated rings. The van der Waals surface area contributed by atoms with Crippen molar-refractivity contribution >= 4 is 21.6 Å². The molecule has 4 aromatic rings. The number of rotatable bonds is 7. The van der Waals surface area contributed by atoms with E-state index in [4.69, 9.17) is 9.72 Å². The summed E-state index contributed by atoms with van der Waals surface area (Å²) in [4.78, 5) is 15.3. The van der Waals surface area contributed by atoms with Crippen LogP contribution in [-0.2, 0) is 6.54 Å². The summed E-state index contributed by atoms with van der Waals surface area (Å²) in [5.74, 6) is 0.444. The van der Waals surface area contributed by atoms with E-state index < -0.39 is 0 Å². The number of pyridine rings is 2. The summed E-state index contributed by atoms with van der Waals surface area (Å²) in [5.41, 5.74) is 3.81. The molecule has 0 unspecified atom stereocenters. The van der Waals surface area contributed by atoms with Crippen molar-refractivity contribution in [1.29, 1.82) is 0 Å². The van der Waals surface area contributed by atoms with E-state index in [1.54, 1.807) is 29.7 Å². The highest BCUT2D eigenvalue weighted by Crippen LogP contribution is 2.39. The molecule has 0 N–H and O–H groups in total. The Hall–Kier alpha value is -2.87. The smallest absolute Gasteiger partial charge is 0.165 e. The lowest BCUT2D eigenvalue weighted by molar-refractivity contribution is 0.127. The maximum Gasteiger partial charge on any atom is 0.165 e. The standard InChI is InChI=1S/C27H29FN4OS/c1-3-10-31-11-13-32(14-12-31)18-20-5-6-22(30-17-20)26-16-23-27(34-26)25(8-9-29-23)33-24-7-4-19(2)15-21(24)28/h4-9,15-17H,3,10-14,18H2,1-2H3. The van der Waals surface area contributed by atoms with Gasteiger partial charge in [0.15, 0.2) is 11.6 Å².